The molecule has 0 aliphatic carbocycles. The number of hydrogen-bond acceptors (Lipinski definition) is 0. The summed E-state index contributed by atoms with van der Waals surface area (Å²) in [6.45, 7) is 5.17. The normalized spacial score (nSPS) is 27.8. The SMILES string of the molecule is C[Si]1(C)C[Te]C[Te]C1. The van der Waals surface area contributed by atoms with Gasteiger partial charge in [0.05, 0.1) is 0 Å². The predicted octanol–water partition coefficient (Wildman–Crippen LogP) is 1.41. The van der Waals surface area contributed by atoms with Gasteiger partial charge in [0.15, 0.2) is 0 Å². The average molecular weight is 355 g/mol. The minimum absolute atomic E-state index is 0.475. The molecule has 0 aromatic rings. The monoisotopic (exact) mass is 360 g/mol. The van der Waals surface area contributed by atoms with E-state index >= 15 is 0 Å². The second-order valence-electron chi connectivity index (χ2n) is 2.98. The summed E-state index contributed by atoms with van der Waals surface area (Å²) >= 11 is 1.18. The molecule has 1 aliphatic heterocycles. The first-order valence-corrected chi connectivity index (χ1v) is 12.9. The molecular weight excluding hydrogens is 343 g/mol. The van der Waals surface area contributed by atoms with Crippen molar-refractivity contribution in [3.8, 4) is 0 Å². The Kier molecular flexibility index (Phi) is 3.22. The summed E-state index contributed by atoms with van der Waals surface area (Å²) in [6, 6.07) is 0. The molecule has 0 spiro atoms. The summed E-state index contributed by atoms with van der Waals surface area (Å²) in [5, 5.41) is 0. The van der Waals surface area contributed by atoms with Gasteiger partial charge < -0.3 is 0 Å². The summed E-state index contributed by atoms with van der Waals surface area (Å²) in [6.07, 6.45) is 0. The van der Waals surface area contributed by atoms with Gasteiger partial charge in [-0.15, -0.1) is 0 Å². The maximum absolute atomic E-state index is 2.58. The van der Waals surface area contributed by atoms with Gasteiger partial charge in [-0.3, -0.25) is 0 Å². The number of hydrogen-bond donors (Lipinski definition) is 0. The fourth-order valence-electron chi connectivity index (χ4n) is 0.737. The molecule has 0 unspecified atom stereocenters. The quantitative estimate of drug-likeness (QED) is 0.577. The Morgan fingerprint density at radius 2 is 1.62 bits per heavy atom. The Bertz CT molecular complexity index is 74.5. The Balaban J connectivity index is 2.33. The van der Waals surface area contributed by atoms with Crippen LogP contribution in [0.5, 0.6) is 0 Å². The van der Waals surface area contributed by atoms with Gasteiger partial charge in [0.1, 0.15) is 0 Å². The van der Waals surface area contributed by atoms with Gasteiger partial charge >= 0.3 is 73.7 Å². The van der Waals surface area contributed by atoms with Crippen molar-refractivity contribution in [1.29, 1.82) is 0 Å². The first-order chi connectivity index (χ1) is 3.71. The van der Waals surface area contributed by atoms with Crippen LogP contribution < -0.4 is 0 Å². The van der Waals surface area contributed by atoms with Crippen molar-refractivity contribution < 1.29 is 0 Å². The topological polar surface area (TPSA) is 0 Å². The van der Waals surface area contributed by atoms with Crippen molar-refractivity contribution in [2.45, 2.75) is 23.8 Å². The van der Waals surface area contributed by atoms with E-state index in [9.17, 15) is 0 Å². The van der Waals surface area contributed by atoms with Gasteiger partial charge in [0.2, 0.25) is 0 Å². The van der Waals surface area contributed by atoms with Gasteiger partial charge in [-0.05, 0) is 0 Å². The van der Waals surface area contributed by atoms with Crippen molar-refractivity contribution in [3.63, 3.8) is 0 Å². The molecule has 1 fully saturated rings. The van der Waals surface area contributed by atoms with Gasteiger partial charge in [-0.25, -0.2) is 0 Å². The van der Waals surface area contributed by atoms with E-state index in [1.54, 1.807) is 10.7 Å². The van der Waals surface area contributed by atoms with E-state index in [1.807, 2.05) is 0 Å². The molecule has 0 atom stereocenters. The molecule has 1 aliphatic rings. The molecule has 1 rings (SSSR count). The van der Waals surface area contributed by atoms with E-state index in [0.717, 1.165) is 0 Å². The zero-order valence-electron chi connectivity index (χ0n) is 5.44. The average Bonchev–Trinajstić information content (AvgIpc) is 1.65. The van der Waals surface area contributed by atoms with E-state index in [1.165, 1.54) is 0 Å². The predicted molar refractivity (Wildman–Crippen MR) is 43.4 cm³/mol. The first kappa shape index (κ1) is 7.90. The zero-order chi connectivity index (χ0) is 6.04. The molecule has 3 heteroatoms. The van der Waals surface area contributed by atoms with Crippen LogP contribution >= 0.6 is 0 Å². The van der Waals surface area contributed by atoms with Crippen molar-refractivity contribution in [2.24, 2.45) is 0 Å². The minimum atomic E-state index is -0.475. The molecule has 0 N–H and O–H groups in total. The molecule has 0 aromatic carbocycles. The van der Waals surface area contributed by atoms with Crippen molar-refractivity contribution in [3.05, 3.63) is 0 Å². The molecule has 0 saturated carbocycles. The molecule has 0 bridgehead atoms. The standard InChI is InChI=1S/C5H12SiTe2/c1-6(2)3-7-5-8-4-6/h3-5H2,1-2H3. The van der Waals surface area contributed by atoms with Crippen LogP contribution in [-0.2, 0) is 0 Å². The maximum atomic E-state index is 2.58. The fourth-order valence-corrected chi connectivity index (χ4v) is 30.6. The Morgan fingerprint density at radius 1 is 1.12 bits per heavy atom. The van der Waals surface area contributed by atoms with Crippen LogP contribution in [0.1, 0.15) is 0 Å². The van der Waals surface area contributed by atoms with E-state index in [2.05, 4.69) is 13.1 Å². The number of rotatable bonds is 0. The Morgan fingerprint density at radius 3 is 1.88 bits per heavy atom. The summed E-state index contributed by atoms with van der Waals surface area (Å²) in [7, 11) is -0.475. The third kappa shape index (κ3) is 2.59. The molecule has 0 amide bonds. The molecular formula is C5H12SiTe2. The van der Waals surface area contributed by atoms with Crippen LogP contribution in [0.3, 0.4) is 0 Å². The van der Waals surface area contributed by atoms with E-state index in [0.29, 0.717) is 41.8 Å². The van der Waals surface area contributed by atoms with E-state index in [-0.39, 0.29) is 0 Å². The molecule has 48 valence electrons. The van der Waals surface area contributed by atoms with E-state index in [4.69, 9.17) is 0 Å². The molecule has 1 heterocycles. The van der Waals surface area contributed by atoms with Crippen molar-refractivity contribution >= 4 is 49.9 Å². The third-order valence-corrected chi connectivity index (χ3v) is 27.3. The molecule has 0 aromatic heterocycles. The summed E-state index contributed by atoms with van der Waals surface area (Å²) in [5.41, 5.74) is 0. The second kappa shape index (κ2) is 3.27. The van der Waals surface area contributed by atoms with Crippen LogP contribution in [0, 0.1) is 0 Å². The fraction of sp³-hybridized carbons (Fsp3) is 1.00. The molecule has 8 heavy (non-hydrogen) atoms. The Labute approximate surface area is 73.0 Å². The van der Waals surface area contributed by atoms with Crippen LogP contribution in [0.15, 0.2) is 0 Å². The van der Waals surface area contributed by atoms with Gasteiger partial charge in [-0.1, -0.05) is 0 Å². The molecule has 1 saturated heterocycles. The van der Waals surface area contributed by atoms with Gasteiger partial charge in [0.25, 0.3) is 0 Å². The molecule has 0 nitrogen and oxygen atoms in total. The summed E-state index contributed by atoms with van der Waals surface area (Å²) in [4.78, 5) is 0. The second-order valence-corrected chi connectivity index (χ2v) is 20.3. The van der Waals surface area contributed by atoms with Crippen molar-refractivity contribution in [2.75, 3.05) is 0 Å². The van der Waals surface area contributed by atoms with Crippen LogP contribution in [-0.4, -0.2) is 49.9 Å². The first-order valence-electron chi connectivity index (χ1n) is 2.86. The van der Waals surface area contributed by atoms with Crippen LogP contribution in [0.2, 0.25) is 23.8 Å². The van der Waals surface area contributed by atoms with Gasteiger partial charge in [0, 0.05) is 0 Å². The van der Waals surface area contributed by atoms with Crippen LogP contribution in [0.4, 0.5) is 0 Å². The third-order valence-electron chi connectivity index (χ3n) is 1.15. The zero-order valence-corrected chi connectivity index (χ0v) is 11.1. The Hall–Kier alpha value is 1.80. The summed E-state index contributed by atoms with van der Waals surface area (Å²) < 4.78 is 5.28. The van der Waals surface area contributed by atoms with E-state index < -0.39 is 8.07 Å². The van der Waals surface area contributed by atoms with Gasteiger partial charge in [-0.2, -0.15) is 0 Å². The van der Waals surface area contributed by atoms with Crippen molar-refractivity contribution in [1.82, 2.24) is 0 Å². The van der Waals surface area contributed by atoms with Crippen LogP contribution in [0.25, 0.3) is 0 Å². The summed E-state index contributed by atoms with van der Waals surface area (Å²) in [5.74, 6) is 0. The molecule has 0 radical (unpaired) electrons.